The quantitative estimate of drug-likeness (QED) is 0.400. The topological polar surface area (TPSA) is 80.1 Å². The van der Waals surface area contributed by atoms with E-state index in [0.29, 0.717) is 23.0 Å². The summed E-state index contributed by atoms with van der Waals surface area (Å²) in [6.07, 6.45) is 2.47. The van der Waals surface area contributed by atoms with Crippen LogP contribution in [0.4, 0.5) is 5.69 Å². The normalized spacial score (nSPS) is 15.3. The summed E-state index contributed by atoms with van der Waals surface area (Å²) >= 11 is 4.76. The van der Waals surface area contributed by atoms with E-state index in [1.54, 1.807) is 57.8 Å². The Kier molecular flexibility index (Phi) is 6.30. The number of nitrogens with zero attached hydrogens (tertiary/aromatic N) is 4. The summed E-state index contributed by atoms with van der Waals surface area (Å²) in [6.45, 7) is 0.687. The predicted octanol–water partition coefficient (Wildman–Crippen LogP) is 4.46. The molecule has 1 atom stereocenters. The van der Waals surface area contributed by atoms with Gasteiger partial charge in [-0.15, -0.1) is 32.9 Å². The van der Waals surface area contributed by atoms with Crippen LogP contribution in [-0.2, 0) is 18.3 Å². The Morgan fingerprint density at radius 2 is 2.00 bits per heavy atom. The lowest BCUT2D eigenvalue weighted by Gasteiger charge is -2.35. The van der Waals surface area contributed by atoms with Crippen LogP contribution in [0.15, 0.2) is 64.7 Å². The third-order valence-corrected chi connectivity index (χ3v) is 8.41. The summed E-state index contributed by atoms with van der Waals surface area (Å²) in [6, 6.07) is 13.3. The van der Waals surface area contributed by atoms with Gasteiger partial charge in [0.1, 0.15) is 6.33 Å². The first kappa shape index (κ1) is 21.9. The Hall–Kier alpha value is -2.95. The molecule has 0 radical (unpaired) electrons. The van der Waals surface area contributed by atoms with Gasteiger partial charge in [-0.1, -0.05) is 17.8 Å². The summed E-state index contributed by atoms with van der Waals surface area (Å²) in [5, 5.41) is 15.5. The molecule has 0 saturated carbocycles. The largest absolute Gasteiger partial charge is 0.326 e. The first-order chi connectivity index (χ1) is 16.1. The fourth-order valence-electron chi connectivity index (χ4n) is 3.88. The third-order valence-electron chi connectivity index (χ3n) is 5.46. The van der Waals surface area contributed by atoms with Gasteiger partial charge in [0.2, 0.25) is 5.91 Å². The van der Waals surface area contributed by atoms with Gasteiger partial charge in [-0.25, -0.2) is 0 Å². The summed E-state index contributed by atoms with van der Waals surface area (Å²) in [5.74, 6) is 0.0914. The minimum absolute atomic E-state index is 0.000893. The van der Waals surface area contributed by atoms with Gasteiger partial charge >= 0.3 is 0 Å². The Labute approximate surface area is 203 Å². The number of aromatic nitrogens is 3. The Balaban J connectivity index is 1.27. The number of carbonyl (C=O) groups is 2. The number of hydrogen-bond acceptors (Lipinski definition) is 7. The van der Waals surface area contributed by atoms with Crippen molar-refractivity contribution in [2.75, 3.05) is 17.6 Å². The molecule has 1 aromatic carbocycles. The molecule has 0 saturated heterocycles. The number of thioether (sulfide) groups is 1. The molecule has 1 aliphatic heterocycles. The minimum Gasteiger partial charge on any atom is -0.326 e. The molecule has 0 fully saturated rings. The SMILES string of the molecule is Cn1cnnc1SCC(=O)Nc1ccc(C(=O)N2CCc3sccc3C2c2cccs2)cc1. The molecule has 7 nitrogen and oxygen atoms in total. The molecule has 1 N–H and O–H groups in total. The van der Waals surface area contributed by atoms with Crippen molar-refractivity contribution in [2.45, 2.75) is 17.6 Å². The van der Waals surface area contributed by atoms with Gasteiger partial charge in [-0.3, -0.25) is 9.59 Å². The van der Waals surface area contributed by atoms with Crippen molar-refractivity contribution in [1.82, 2.24) is 19.7 Å². The average Bonchev–Trinajstić information content (AvgIpc) is 3.59. The van der Waals surface area contributed by atoms with E-state index in [4.69, 9.17) is 0 Å². The van der Waals surface area contributed by atoms with E-state index in [0.717, 1.165) is 6.42 Å². The van der Waals surface area contributed by atoms with Gasteiger partial charge in [0.05, 0.1) is 11.8 Å². The molecule has 1 unspecified atom stereocenters. The second-order valence-electron chi connectivity index (χ2n) is 7.60. The van der Waals surface area contributed by atoms with Gasteiger partial charge in [0, 0.05) is 34.6 Å². The van der Waals surface area contributed by atoms with E-state index in [1.807, 2.05) is 18.0 Å². The smallest absolute Gasteiger partial charge is 0.254 e. The first-order valence-corrected chi connectivity index (χ1v) is 13.1. The van der Waals surface area contributed by atoms with Crippen LogP contribution in [0.25, 0.3) is 0 Å². The van der Waals surface area contributed by atoms with Gasteiger partial charge in [0.15, 0.2) is 5.16 Å². The summed E-state index contributed by atoms with van der Waals surface area (Å²) in [4.78, 5) is 30.2. The van der Waals surface area contributed by atoms with E-state index >= 15 is 0 Å². The summed E-state index contributed by atoms with van der Waals surface area (Å²) in [7, 11) is 1.83. The van der Waals surface area contributed by atoms with E-state index in [1.165, 1.54) is 27.1 Å². The number of anilines is 1. The molecule has 4 heterocycles. The van der Waals surface area contributed by atoms with E-state index < -0.39 is 0 Å². The Morgan fingerprint density at radius 1 is 1.15 bits per heavy atom. The number of amides is 2. The highest BCUT2D eigenvalue weighted by atomic mass is 32.2. The second kappa shape index (κ2) is 9.50. The molecule has 10 heteroatoms. The molecule has 2 amide bonds. The van der Waals surface area contributed by atoms with Gasteiger partial charge in [0.25, 0.3) is 5.91 Å². The average molecular weight is 496 g/mol. The standard InChI is InChI=1S/C23H21N5O2S3/c1-27-14-24-26-23(27)33-13-20(29)25-16-6-4-15(5-7-16)22(30)28-10-8-18-17(9-12-32-18)21(28)19-3-2-11-31-19/h2-7,9,11-12,14,21H,8,10,13H2,1H3,(H,25,29). The zero-order valence-electron chi connectivity index (χ0n) is 17.8. The zero-order chi connectivity index (χ0) is 22.8. The number of thiophene rings is 2. The number of benzene rings is 1. The first-order valence-electron chi connectivity index (χ1n) is 10.4. The lowest BCUT2D eigenvalue weighted by atomic mass is 9.97. The maximum absolute atomic E-state index is 13.5. The predicted molar refractivity (Wildman–Crippen MR) is 132 cm³/mol. The molecule has 5 rings (SSSR count). The van der Waals surface area contributed by atoms with Crippen LogP contribution in [0, 0.1) is 0 Å². The highest BCUT2D eigenvalue weighted by Crippen LogP contribution is 2.40. The number of hydrogen-bond donors (Lipinski definition) is 1. The molecular weight excluding hydrogens is 474 g/mol. The van der Waals surface area contributed by atoms with Crippen LogP contribution in [0.1, 0.15) is 31.7 Å². The Bertz CT molecular complexity index is 1260. The van der Waals surface area contributed by atoms with Crippen molar-refractivity contribution in [3.8, 4) is 0 Å². The van der Waals surface area contributed by atoms with Crippen molar-refractivity contribution in [3.05, 3.63) is 80.4 Å². The zero-order valence-corrected chi connectivity index (χ0v) is 20.3. The maximum atomic E-state index is 13.5. The van der Waals surface area contributed by atoms with Crippen molar-refractivity contribution < 1.29 is 9.59 Å². The van der Waals surface area contributed by atoms with Crippen LogP contribution in [0.5, 0.6) is 0 Å². The number of fused-ring (bicyclic) bond motifs is 1. The molecule has 0 bridgehead atoms. The number of rotatable bonds is 6. The summed E-state index contributed by atoms with van der Waals surface area (Å²) in [5.41, 5.74) is 2.50. The van der Waals surface area contributed by atoms with Crippen LogP contribution < -0.4 is 5.32 Å². The van der Waals surface area contributed by atoms with Gasteiger partial charge in [-0.05, 0) is 59.1 Å². The molecule has 168 valence electrons. The lowest BCUT2D eigenvalue weighted by Crippen LogP contribution is -2.39. The van der Waals surface area contributed by atoms with Crippen molar-refractivity contribution in [3.63, 3.8) is 0 Å². The molecule has 4 aromatic rings. The Morgan fingerprint density at radius 3 is 2.73 bits per heavy atom. The van der Waals surface area contributed by atoms with Crippen molar-refractivity contribution >= 4 is 51.9 Å². The van der Waals surface area contributed by atoms with Crippen LogP contribution in [-0.4, -0.2) is 43.8 Å². The van der Waals surface area contributed by atoms with Gasteiger partial charge in [-0.2, -0.15) is 0 Å². The fraction of sp³-hybridized carbons (Fsp3) is 0.217. The van der Waals surface area contributed by atoms with Crippen LogP contribution in [0.2, 0.25) is 0 Å². The molecule has 0 spiro atoms. The van der Waals surface area contributed by atoms with E-state index in [2.05, 4.69) is 38.4 Å². The number of aryl methyl sites for hydroxylation is 1. The molecule has 0 aliphatic carbocycles. The number of nitrogens with one attached hydrogen (secondary N) is 1. The minimum atomic E-state index is -0.138. The van der Waals surface area contributed by atoms with E-state index in [9.17, 15) is 9.59 Å². The van der Waals surface area contributed by atoms with Crippen LogP contribution in [0.3, 0.4) is 0 Å². The second-order valence-corrected chi connectivity index (χ2v) is 10.5. The van der Waals surface area contributed by atoms with E-state index in [-0.39, 0.29) is 23.6 Å². The van der Waals surface area contributed by atoms with Crippen molar-refractivity contribution in [2.24, 2.45) is 7.05 Å². The number of carbonyl (C=O) groups excluding carboxylic acids is 2. The molecule has 1 aliphatic rings. The third kappa shape index (κ3) is 4.59. The highest BCUT2D eigenvalue weighted by Gasteiger charge is 2.33. The van der Waals surface area contributed by atoms with Crippen molar-refractivity contribution in [1.29, 1.82) is 0 Å². The van der Waals surface area contributed by atoms with Gasteiger partial charge < -0.3 is 14.8 Å². The molecular formula is C23H21N5O2S3. The molecule has 33 heavy (non-hydrogen) atoms. The fourth-order valence-corrected chi connectivity index (χ4v) is 6.33. The molecule has 3 aromatic heterocycles. The van der Waals surface area contributed by atoms with Crippen LogP contribution >= 0.6 is 34.4 Å². The summed E-state index contributed by atoms with van der Waals surface area (Å²) < 4.78 is 1.77. The monoisotopic (exact) mass is 495 g/mol. The highest BCUT2D eigenvalue weighted by molar-refractivity contribution is 7.99. The maximum Gasteiger partial charge on any atom is 0.254 e. The lowest BCUT2D eigenvalue weighted by molar-refractivity contribution is -0.113.